The van der Waals surface area contributed by atoms with Gasteiger partial charge in [0.1, 0.15) is 29.0 Å². The first kappa shape index (κ1) is 61.2. The zero-order valence-electron chi connectivity index (χ0n) is 51.8. The van der Waals surface area contributed by atoms with Crippen LogP contribution in [0, 0.1) is 22.7 Å². The Morgan fingerprint density at radius 3 is 1.14 bits per heavy atom. The van der Waals surface area contributed by atoms with Gasteiger partial charge < -0.3 is 19.8 Å². The number of carboxylic acid groups (broad SMARTS) is 2. The van der Waals surface area contributed by atoms with E-state index in [2.05, 4.69) is 220 Å². The maximum absolute atomic E-state index is 11.7. The minimum absolute atomic E-state index is 0.0457. The summed E-state index contributed by atoms with van der Waals surface area (Å²) in [5.41, 5.74) is 16.8. The third kappa shape index (κ3) is 11.2. The lowest BCUT2D eigenvalue weighted by molar-refractivity contribution is -0.133. The number of hydrogen-bond acceptors (Lipinski definition) is 12. The molecule has 452 valence electrons. The minimum Gasteiger partial charge on any atom is -0.491 e. The maximum Gasteiger partial charge on any atom is 0.346 e. The normalized spacial score (nSPS) is 13.7. The maximum atomic E-state index is 11.7. The molecule has 0 amide bonds. The standard InChI is InChI=1S/C77H63N3O5S6/c1-41(2)58-37-52(31-46(39-78)74(81)82)86-72(58)70-29-27-68(90-70)66-25-23-64(88-66)44-11-19-54-56-21-15-49(35-62(56)76(7,8)60(54)33-44)80(48-13-17-51(18-14-48)85-43(5)6)50-16-22-57-55-20-12-45(34-61(55)77(9,10)63(57)36-50)65-24-26-67(89-65)69-28-30-71(91-69)73-59(42(3)4)38-53(87-73)32-47(40-79)75(83)84/h11-38,41-43H,1-10H3,(H,81,82)(H,83,84)/b46-31+,47-32+. The predicted molar refractivity (Wildman–Crippen MR) is 383 cm³/mol. The van der Waals surface area contributed by atoms with E-state index in [0.717, 1.165) is 63.2 Å². The van der Waals surface area contributed by atoms with Gasteiger partial charge in [0.15, 0.2) is 0 Å². The molecule has 0 saturated carbocycles. The summed E-state index contributed by atoms with van der Waals surface area (Å²) < 4.78 is 6.17. The van der Waals surface area contributed by atoms with Gasteiger partial charge in [-0.3, -0.25) is 0 Å². The third-order valence-corrected chi connectivity index (χ3v) is 24.7. The van der Waals surface area contributed by atoms with Gasteiger partial charge in [-0.1, -0.05) is 91.8 Å². The molecule has 13 rings (SSSR count). The molecular weight excluding hydrogens is 1240 g/mol. The van der Waals surface area contributed by atoms with Crippen molar-refractivity contribution in [1.82, 2.24) is 0 Å². The van der Waals surface area contributed by atoms with Crippen LogP contribution in [0.15, 0.2) is 169 Å². The van der Waals surface area contributed by atoms with Gasteiger partial charge in [0.25, 0.3) is 0 Å². The second kappa shape index (κ2) is 23.8. The first-order chi connectivity index (χ1) is 43.6. The molecule has 14 heteroatoms. The van der Waals surface area contributed by atoms with Crippen LogP contribution >= 0.6 is 68.0 Å². The summed E-state index contributed by atoms with van der Waals surface area (Å²) in [5, 5.41) is 38.0. The number of carboxylic acids is 2. The molecule has 0 saturated heterocycles. The Balaban J connectivity index is 0.782. The molecule has 6 heterocycles. The van der Waals surface area contributed by atoms with Crippen LogP contribution in [-0.2, 0) is 20.4 Å². The molecule has 0 unspecified atom stereocenters. The number of fused-ring (bicyclic) bond motifs is 6. The van der Waals surface area contributed by atoms with Crippen LogP contribution in [-0.4, -0.2) is 28.3 Å². The Morgan fingerprint density at radius 1 is 0.440 bits per heavy atom. The van der Waals surface area contributed by atoms with E-state index in [9.17, 15) is 30.3 Å². The number of thiophene rings is 6. The molecule has 91 heavy (non-hydrogen) atoms. The van der Waals surface area contributed by atoms with Gasteiger partial charge in [-0.15, -0.1) is 68.0 Å². The molecule has 0 aliphatic heterocycles. The van der Waals surface area contributed by atoms with E-state index in [4.69, 9.17) is 4.74 Å². The fourth-order valence-electron chi connectivity index (χ4n) is 12.7. The average Bonchev–Trinajstić information content (AvgIpc) is 1.59. The second-order valence-electron chi connectivity index (χ2n) is 25.0. The summed E-state index contributed by atoms with van der Waals surface area (Å²) in [6.07, 6.45) is 2.99. The number of nitrogens with zero attached hydrogens (tertiary/aromatic N) is 3. The number of benzene rings is 5. The van der Waals surface area contributed by atoms with E-state index in [0.29, 0.717) is 0 Å². The fraction of sp³-hybridized carbons (Fsp3) is 0.195. The van der Waals surface area contributed by atoms with Crippen molar-refractivity contribution < 1.29 is 24.5 Å². The van der Waals surface area contributed by atoms with Crippen LogP contribution in [0.4, 0.5) is 17.1 Å². The van der Waals surface area contributed by atoms with Crippen molar-refractivity contribution in [2.24, 2.45) is 0 Å². The number of carbonyl (C=O) groups is 2. The van der Waals surface area contributed by atoms with Crippen LogP contribution < -0.4 is 9.64 Å². The van der Waals surface area contributed by atoms with Crippen LogP contribution in [0.3, 0.4) is 0 Å². The van der Waals surface area contributed by atoms with Gasteiger partial charge in [0, 0.05) is 86.4 Å². The first-order valence-corrected chi connectivity index (χ1v) is 35.0. The fourth-order valence-corrected chi connectivity index (χ4v) is 19.6. The van der Waals surface area contributed by atoms with Crippen LogP contribution in [0.25, 0.3) is 94.3 Å². The van der Waals surface area contributed by atoms with Crippen molar-refractivity contribution in [1.29, 1.82) is 10.5 Å². The highest BCUT2D eigenvalue weighted by Gasteiger charge is 2.39. The quantitative estimate of drug-likeness (QED) is 0.0680. The van der Waals surface area contributed by atoms with Crippen LogP contribution in [0.1, 0.15) is 124 Å². The summed E-state index contributed by atoms with van der Waals surface area (Å²) >= 11 is 10.1. The number of ether oxygens (including phenoxy) is 1. The average molecular weight is 1300 g/mol. The zero-order valence-corrected chi connectivity index (χ0v) is 56.7. The van der Waals surface area contributed by atoms with Gasteiger partial charge in [-0.05, 0) is 226 Å². The summed E-state index contributed by atoms with van der Waals surface area (Å²) in [5.74, 6) is -1.18. The molecule has 2 N–H and O–H groups in total. The van der Waals surface area contributed by atoms with Gasteiger partial charge in [-0.2, -0.15) is 10.5 Å². The van der Waals surface area contributed by atoms with Crippen molar-refractivity contribution in [3.63, 3.8) is 0 Å². The topological polar surface area (TPSA) is 135 Å². The smallest absolute Gasteiger partial charge is 0.346 e. The first-order valence-electron chi connectivity index (χ1n) is 30.1. The SMILES string of the molecule is CC(C)Oc1ccc(N(c2ccc3c(c2)C(C)(C)c2cc(-c4ccc(-c5ccc(-c6sc(/C=C(\C#N)C(=O)O)cc6C(C)C)s5)s4)ccc2-3)c2ccc3c(c2)C(C)(C)c2cc(-c4ccc(-c5ccc(-c6sc(/C=C(\C#N)C(=O)O)cc6C(C)C)s5)s4)ccc2-3)cc1. The highest BCUT2D eigenvalue weighted by Crippen LogP contribution is 2.56. The Bertz CT molecular complexity index is 4620. The molecule has 0 spiro atoms. The molecule has 2 aliphatic carbocycles. The lowest BCUT2D eigenvalue weighted by Gasteiger charge is -2.30. The molecule has 0 atom stereocenters. The molecule has 5 aromatic carbocycles. The number of nitriles is 2. The van der Waals surface area contributed by atoms with Gasteiger partial charge in [0.2, 0.25) is 0 Å². The highest BCUT2D eigenvalue weighted by atomic mass is 32.1. The molecular formula is C77H63N3O5S6. The Morgan fingerprint density at radius 2 is 0.780 bits per heavy atom. The van der Waals surface area contributed by atoms with Gasteiger partial charge in [0.05, 0.1) is 6.10 Å². The summed E-state index contributed by atoms with van der Waals surface area (Å²) in [6.45, 7) is 22.1. The Kier molecular flexibility index (Phi) is 16.0. The van der Waals surface area contributed by atoms with Crippen molar-refractivity contribution in [3.05, 3.63) is 212 Å². The van der Waals surface area contributed by atoms with E-state index < -0.39 is 11.9 Å². The number of aliphatic carboxylic acids is 2. The van der Waals surface area contributed by atoms with E-state index >= 15 is 0 Å². The van der Waals surface area contributed by atoms with Crippen LogP contribution in [0.5, 0.6) is 5.75 Å². The molecule has 6 aromatic heterocycles. The molecule has 11 aromatic rings. The summed E-state index contributed by atoms with van der Waals surface area (Å²) in [7, 11) is 0. The largest absolute Gasteiger partial charge is 0.491 e. The van der Waals surface area contributed by atoms with Crippen molar-refractivity contribution in [3.8, 4) is 100 Å². The summed E-state index contributed by atoms with van der Waals surface area (Å²) in [4.78, 5) is 38.8. The Hall–Kier alpha value is -8.70. The van der Waals surface area contributed by atoms with Gasteiger partial charge in [-0.25, -0.2) is 9.59 Å². The van der Waals surface area contributed by atoms with Gasteiger partial charge >= 0.3 is 11.9 Å². The van der Waals surface area contributed by atoms with Crippen LogP contribution in [0.2, 0.25) is 0 Å². The Labute approximate surface area is 554 Å². The monoisotopic (exact) mass is 1300 g/mol. The lowest BCUT2D eigenvalue weighted by atomic mass is 9.81. The number of hydrogen-bond donors (Lipinski definition) is 2. The summed E-state index contributed by atoms with van der Waals surface area (Å²) in [6, 6.07) is 61.6. The number of anilines is 3. The number of rotatable bonds is 17. The second-order valence-corrected chi connectivity index (χ2v) is 31.5. The highest BCUT2D eigenvalue weighted by molar-refractivity contribution is 7.28. The van der Waals surface area contributed by atoms with E-state index in [1.807, 2.05) is 24.3 Å². The van der Waals surface area contributed by atoms with E-state index in [1.165, 1.54) is 120 Å². The zero-order chi connectivity index (χ0) is 63.9. The predicted octanol–water partition coefficient (Wildman–Crippen LogP) is 23.2. The third-order valence-electron chi connectivity index (χ3n) is 17.3. The minimum atomic E-state index is -1.22. The van der Waals surface area contributed by atoms with E-state index in [-0.39, 0.29) is 39.9 Å². The molecule has 0 fully saturated rings. The molecule has 0 radical (unpaired) electrons. The van der Waals surface area contributed by atoms with Crippen molar-refractivity contribution in [2.45, 2.75) is 98.0 Å². The molecule has 2 aliphatic rings. The molecule has 8 nitrogen and oxygen atoms in total. The van der Waals surface area contributed by atoms with Crippen molar-refractivity contribution in [2.75, 3.05) is 4.90 Å². The lowest BCUT2D eigenvalue weighted by Crippen LogP contribution is -2.18. The van der Waals surface area contributed by atoms with E-state index in [1.54, 1.807) is 45.3 Å². The molecule has 0 bridgehead atoms. The van der Waals surface area contributed by atoms with Crippen molar-refractivity contribution >= 4 is 109 Å².